The minimum Gasteiger partial charge on any atom is -0.491 e. The molecule has 1 aromatic rings. The van der Waals surface area contributed by atoms with E-state index in [9.17, 15) is 8.78 Å². The number of rotatable bonds is 6. The molecule has 0 bridgehead atoms. The number of ether oxygens (including phenoxy) is 2. The van der Waals surface area contributed by atoms with Gasteiger partial charge in [0, 0.05) is 0 Å². The summed E-state index contributed by atoms with van der Waals surface area (Å²) in [6, 6.07) is 3.31. The van der Waals surface area contributed by atoms with Crippen LogP contribution in [0.3, 0.4) is 0 Å². The molecule has 2 saturated carbocycles. The quantitative estimate of drug-likeness (QED) is 0.435. The molecule has 31 heavy (non-hydrogen) atoms. The summed E-state index contributed by atoms with van der Waals surface area (Å²) < 4.78 is 40.5. The van der Waals surface area contributed by atoms with Crippen molar-refractivity contribution in [1.29, 1.82) is 0 Å². The molecule has 0 amide bonds. The number of hydrogen-bond acceptors (Lipinski definition) is 2. The third-order valence-electron chi connectivity index (χ3n) is 8.28. The van der Waals surface area contributed by atoms with Gasteiger partial charge in [-0.15, -0.1) is 6.58 Å². The Morgan fingerprint density at radius 2 is 1.58 bits per heavy atom. The Morgan fingerprint density at radius 3 is 2.19 bits per heavy atom. The van der Waals surface area contributed by atoms with Crippen molar-refractivity contribution in [3.8, 4) is 5.75 Å². The van der Waals surface area contributed by atoms with Gasteiger partial charge in [0.05, 0.1) is 19.3 Å². The van der Waals surface area contributed by atoms with Crippen LogP contribution >= 0.6 is 0 Å². The van der Waals surface area contributed by atoms with E-state index in [1.807, 2.05) is 0 Å². The third kappa shape index (κ3) is 5.16. The fraction of sp³-hybridized carbons (Fsp3) is 0.704. The average molecular weight is 433 g/mol. The summed E-state index contributed by atoms with van der Waals surface area (Å²) in [6.07, 6.45) is 14.1. The lowest BCUT2D eigenvalue weighted by Gasteiger charge is -2.41. The van der Waals surface area contributed by atoms with E-state index in [1.54, 1.807) is 19.1 Å². The van der Waals surface area contributed by atoms with Gasteiger partial charge in [0.15, 0.2) is 11.6 Å². The first kappa shape index (κ1) is 22.8. The molecule has 0 aromatic heterocycles. The van der Waals surface area contributed by atoms with E-state index in [1.165, 1.54) is 38.5 Å². The molecular formula is C27H38F2O2. The first-order chi connectivity index (χ1) is 15.1. The van der Waals surface area contributed by atoms with Crippen molar-refractivity contribution >= 4 is 0 Å². The Hall–Kier alpha value is -1.42. The maximum Gasteiger partial charge on any atom is 0.200 e. The molecule has 2 unspecified atom stereocenters. The van der Waals surface area contributed by atoms with Gasteiger partial charge in [0.2, 0.25) is 5.82 Å². The summed E-state index contributed by atoms with van der Waals surface area (Å²) >= 11 is 0. The van der Waals surface area contributed by atoms with Crippen LogP contribution in [0.25, 0.3) is 0 Å². The van der Waals surface area contributed by atoms with Crippen molar-refractivity contribution < 1.29 is 18.3 Å². The minimum atomic E-state index is -0.838. The topological polar surface area (TPSA) is 18.5 Å². The average Bonchev–Trinajstić information content (AvgIpc) is 2.83. The van der Waals surface area contributed by atoms with Crippen molar-refractivity contribution in [2.75, 3.05) is 13.2 Å². The van der Waals surface area contributed by atoms with E-state index in [2.05, 4.69) is 12.7 Å². The second-order valence-electron chi connectivity index (χ2n) is 9.95. The zero-order valence-electron chi connectivity index (χ0n) is 19.0. The van der Waals surface area contributed by atoms with Crippen LogP contribution in [0.2, 0.25) is 0 Å². The van der Waals surface area contributed by atoms with Crippen LogP contribution in [0.1, 0.15) is 82.6 Å². The first-order valence-electron chi connectivity index (χ1n) is 12.5. The summed E-state index contributed by atoms with van der Waals surface area (Å²) in [5.74, 6) is 1.29. The zero-order chi connectivity index (χ0) is 21.8. The zero-order valence-corrected chi connectivity index (χ0v) is 19.0. The second-order valence-corrected chi connectivity index (χ2v) is 9.95. The molecular weight excluding hydrogens is 394 g/mol. The molecule has 0 radical (unpaired) electrons. The Labute approximate surface area is 186 Å². The number of allylic oxidation sites excluding steroid dienone is 1. The summed E-state index contributed by atoms with van der Waals surface area (Å²) in [4.78, 5) is 0. The monoisotopic (exact) mass is 432 g/mol. The third-order valence-corrected chi connectivity index (χ3v) is 8.28. The minimum absolute atomic E-state index is 0.0179. The van der Waals surface area contributed by atoms with Gasteiger partial charge in [-0.05, 0) is 112 Å². The van der Waals surface area contributed by atoms with Gasteiger partial charge in [0.25, 0.3) is 0 Å². The van der Waals surface area contributed by atoms with E-state index in [0.29, 0.717) is 36.0 Å². The highest BCUT2D eigenvalue weighted by molar-refractivity contribution is 5.33. The number of benzene rings is 1. The number of hydrogen-bond donors (Lipinski definition) is 0. The molecule has 0 spiro atoms. The predicted molar refractivity (Wildman–Crippen MR) is 120 cm³/mol. The highest BCUT2D eigenvalue weighted by atomic mass is 19.2. The lowest BCUT2D eigenvalue weighted by molar-refractivity contribution is -0.0721. The number of halogens is 2. The second kappa shape index (κ2) is 10.5. The highest BCUT2D eigenvalue weighted by Crippen LogP contribution is 2.44. The maximum absolute atomic E-state index is 14.6. The van der Waals surface area contributed by atoms with Gasteiger partial charge in [-0.25, -0.2) is 4.39 Å². The van der Waals surface area contributed by atoms with Crippen molar-refractivity contribution in [3.63, 3.8) is 0 Å². The highest BCUT2D eigenvalue weighted by Gasteiger charge is 2.36. The normalized spacial score (nSPS) is 34.3. The van der Waals surface area contributed by atoms with Crippen molar-refractivity contribution in [2.45, 2.75) is 83.2 Å². The van der Waals surface area contributed by atoms with Crippen molar-refractivity contribution in [3.05, 3.63) is 42.0 Å². The van der Waals surface area contributed by atoms with Crippen molar-refractivity contribution in [2.24, 2.45) is 23.7 Å². The van der Waals surface area contributed by atoms with Crippen LogP contribution in [-0.4, -0.2) is 19.3 Å². The summed E-state index contributed by atoms with van der Waals surface area (Å²) in [6.45, 7) is 6.94. The Bertz CT molecular complexity index is 725. The van der Waals surface area contributed by atoms with Crippen LogP contribution in [0, 0.1) is 35.3 Å². The van der Waals surface area contributed by atoms with Gasteiger partial charge in [-0.3, -0.25) is 0 Å². The molecule has 3 fully saturated rings. The van der Waals surface area contributed by atoms with Crippen LogP contribution in [-0.2, 0) is 4.74 Å². The summed E-state index contributed by atoms with van der Waals surface area (Å²) in [5, 5.41) is 0. The first-order valence-corrected chi connectivity index (χ1v) is 12.5. The lowest BCUT2D eigenvalue weighted by atomic mass is 9.71. The van der Waals surface area contributed by atoms with Crippen LogP contribution in [0.4, 0.5) is 8.78 Å². The van der Waals surface area contributed by atoms with Gasteiger partial charge < -0.3 is 9.47 Å². The molecule has 1 aromatic carbocycles. The molecule has 2 nitrogen and oxygen atoms in total. The molecule has 172 valence electrons. The van der Waals surface area contributed by atoms with Gasteiger partial charge in [-0.1, -0.05) is 12.1 Å². The van der Waals surface area contributed by atoms with E-state index in [0.717, 1.165) is 38.2 Å². The van der Waals surface area contributed by atoms with Crippen LogP contribution in [0.15, 0.2) is 24.8 Å². The Balaban J connectivity index is 1.26. The smallest absolute Gasteiger partial charge is 0.200 e. The summed E-state index contributed by atoms with van der Waals surface area (Å²) in [7, 11) is 0. The van der Waals surface area contributed by atoms with Crippen LogP contribution < -0.4 is 4.74 Å². The molecule has 1 heterocycles. The molecule has 3 aliphatic rings. The molecule has 4 rings (SSSR count). The van der Waals surface area contributed by atoms with E-state index in [4.69, 9.17) is 9.47 Å². The molecule has 4 heteroatoms. The fourth-order valence-electron chi connectivity index (χ4n) is 6.32. The summed E-state index contributed by atoms with van der Waals surface area (Å²) in [5.41, 5.74) is 0.523. The maximum atomic E-state index is 14.6. The molecule has 0 N–H and O–H groups in total. The SMILES string of the molecule is C=CC1CCC(C2CCC(C3CCC(c4ccc(OCC)c(F)c4F)CC3)CO2)CC1. The Morgan fingerprint density at radius 1 is 0.903 bits per heavy atom. The van der Waals surface area contributed by atoms with E-state index >= 15 is 0 Å². The lowest BCUT2D eigenvalue weighted by Crippen LogP contribution is -2.37. The molecule has 1 aliphatic heterocycles. The molecule has 2 aliphatic carbocycles. The van der Waals surface area contributed by atoms with E-state index < -0.39 is 11.6 Å². The Kier molecular flexibility index (Phi) is 7.68. The molecule has 2 atom stereocenters. The standard InChI is InChI=1S/C27H38F2O2/c1-3-18-5-7-21(8-6-18)24-15-13-22(17-31-24)19-9-11-20(12-10-19)23-14-16-25(30-4-2)27(29)26(23)28/h3,14,16,18-22,24H,1,4-13,15,17H2,2H3. The van der Waals surface area contributed by atoms with Gasteiger partial charge in [-0.2, -0.15) is 4.39 Å². The van der Waals surface area contributed by atoms with Gasteiger partial charge >= 0.3 is 0 Å². The van der Waals surface area contributed by atoms with Gasteiger partial charge in [0.1, 0.15) is 0 Å². The fourth-order valence-corrected chi connectivity index (χ4v) is 6.32. The largest absolute Gasteiger partial charge is 0.491 e. The van der Waals surface area contributed by atoms with Crippen molar-refractivity contribution in [1.82, 2.24) is 0 Å². The van der Waals surface area contributed by atoms with Crippen LogP contribution in [0.5, 0.6) is 5.75 Å². The predicted octanol–water partition coefficient (Wildman–Crippen LogP) is 7.42. The van der Waals surface area contributed by atoms with E-state index in [-0.39, 0.29) is 11.7 Å². The molecule has 1 saturated heterocycles.